The molecule has 0 aliphatic carbocycles. The summed E-state index contributed by atoms with van der Waals surface area (Å²) in [6.07, 6.45) is 4.14. The molecule has 0 unspecified atom stereocenters. The zero-order valence-electron chi connectivity index (χ0n) is 12.0. The highest BCUT2D eigenvalue weighted by Crippen LogP contribution is 2.26. The molecule has 6 nitrogen and oxygen atoms in total. The topological polar surface area (TPSA) is 76.0 Å². The Kier molecular flexibility index (Phi) is 3.36. The van der Waals surface area contributed by atoms with Crippen molar-refractivity contribution in [1.29, 1.82) is 0 Å². The first-order valence-corrected chi connectivity index (χ1v) is 8.38. The average molecular weight is 306 g/mol. The van der Waals surface area contributed by atoms with Crippen LogP contribution in [0.15, 0.2) is 35.5 Å². The van der Waals surface area contributed by atoms with E-state index in [1.54, 1.807) is 23.0 Å². The van der Waals surface area contributed by atoms with Crippen molar-refractivity contribution in [3.8, 4) is 0 Å². The summed E-state index contributed by atoms with van der Waals surface area (Å²) in [6, 6.07) is 5.37. The van der Waals surface area contributed by atoms with Crippen LogP contribution in [0.25, 0.3) is 0 Å². The summed E-state index contributed by atoms with van der Waals surface area (Å²) < 4.78 is 29.1. The van der Waals surface area contributed by atoms with Crippen LogP contribution in [-0.2, 0) is 16.4 Å². The van der Waals surface area contributed by atoms with Crippen molar-refractivity contribution >= 4 is 21.4 Å². The zero-order valence-corrected chi connectivity index (χ0v) is 12.8. The molecule has 2 N–H and O–H groups in total. The van der Waals surface area contributed by atoms with Crippen LogP contribution in [0.1, 0.15) is 25.5 Å². The van der Waals surface area contributed by atoms with E-state index in [-0.39, 0.29) is 10.9 Å². The minimum Gasteiger partial charge on any atom is -0.384 e. The van der Waals surface area contributed by atoms with Gasteiger partial charge in [-0.1, -0.05) is 6.07 Å². The van der Waals surface area contributed by atoms with Crippen LogP contribution in [-0.4, -0.2) is 24.7 Å². The first kappa shape index (κ1) is 13.9. The van der Waals surface area contributed by atoms with Crippen molar-refractivity contribution in [3.63, 3.8) is 0 Å². The molecule has 1 aliphatic rings. The van der Waals surface area contributed by atoms with Gasteiger partial charge in [-0.25, -0.2) is 8.42 Å². The van der Waals surface area contributed by atoms with Crippen molar-refractivity contribution in [2.24, 2.45) is 0 Å². The predicted molar refractivity (Wildman–Crippen MR) is 82.1 cm³/mol. The highest BCUT2D eigenvalue weighted by Gasteiger charge is 2.19. The lowest BCUT2D eigenvalue weighted by Crippen LogP contribution is -2.12. The molecule has 2 aromatic rings. The fourth-order valence-electron chi connectivity index (χ4n) is 2.32. The van der Waals surface area contributed by atoms with Crippen LogP contribution in [0.4, 0.5) is 11.4 Å². The molecule has 21 heavy (non-hydrogen) atoms. The van der Waals surface area contributed by atoms with Crippen LogP contribution in [0, 0.1) is 0 Å². The van der Waals surface area contributed by atoms with Gasteiger partial charge in [-0.15, -0.1) is 0 Å². The third-order valence-corrected chi connectivity index (χ3v) is 4.86. The SMILES string of the molecule is CC(C)n1cc(NS(=O)(=O)c2ccc3c(c2)NCC3)cn1. The zero-order chi connectivity index (χ0) is 15.0. The standard InChI is InChI=1S/C14H18N4O2S/c1-10(2)18-9-12(8-16-18)17-21(19,20)13-4-3-11-5-6-15-14(11)7-13/h3-4,7-10,15,17H,5-6H2,1-2H3. The molecule has 0 radical (unpaired) electrons. The molecule has 112 valence electrons. The number of nitrogens with zero attached hydrogens (tertiary/aromatic N) is 2. The smallest absolute Gasteiger partial charge is 0.262 e. The molecule has 0 saturated carbocycles. The van der Waals surface area contributed by atoms with E-state index in [1.807, 2.05) is 19.9 Å². The van der Waals surface area contributed by atoms with Crippen molar-refractivity contribution < 1.29 is 8.42 Å². The Morgan fingerprint density at radius 3 is 2.90 bits per heavy atom. The van der Waals surface area contributed by atoms with Gasteiger partial charge >= 0.3 is 0 Å². The number of anilines is 2. The molecular formula is C14H18N4O2S. The Morgan fingerprint density at radius 1 is 1.38 bits per heavy atom. The summed E-state index contributed by atoms with van der Waals surface area (Å²) >= 11 is 0. The molecule has 0 saturated heterocycles. The molecule has 0 fully saturated rings. The number of rotatable bonds is 4. The van der Waals surface area contributed by atoms with E-state index in [1.165, 1.54) is 6.20 Å². The first-order valence-electron chi connectivity index (χ1n) is 6.89. The maximum Gasteiger partial charge on any atom is 0.262 e. The number of aromatic nitrogens is 2. The van der Waals surface area contributed by atoms with Crippen LogP contribution in [0.5, 0.6) is 0 Å². The fourth-order valence-corrected chi connectivity index (χ4v) is 3.38. The van der Waals surface area contributed by atoms with Crippen LogP contribution in [0.2, 0.25) is 0 Å². The van der Waals surface area contributed by atoms with Gasteiger partial charge in [0.05, 0.1) is 16.8 Å². The lowest BCUT2D eigenvalue weighted by Gasteiger charge is -2.08. The lowest BCUT2D eigenvalue weighted by atomic mass is 10.2. The monoisotopic (exact) mass is 306 g/mol. The van der Waals surface area contributed by atoms with Crippen LogP contribution >= 0.6 is 0 Å². The number of benzene rings is 1. The van der Waals surface area contributed by atoms with Gasteiger partial charge in [0.15, 0.2) is 0 Å². The Labute approximate surface area is 124 Å². The van der Waals surface area contributed by atoms with Gasteiger partial charge < -0.3 is 5.32 Å². The highest BCUT2D eigenvalue weighted by atomic mass is 32.2. The van der Waals surface area contributed by atoms with Crippen LogP contribution in [0.3, 0.4) is 0 Å². The maximum atomic E-state index is 12.4. The Balaban J connectivity index is 1.86. The normalized spacial score (nSPS) is 14.0. The van der Waals surface area contributed by atoms with E-state index in [0.717, 1.165) is 24.2 Å². The Hall–Kier alpha value is -2.02. The summed E-state index contributed by atoms with van der Waals surface area (Å²) in [5, 5.41) is 7.32. The molecule has 1 aromatic heterocycles. The summed E-state index contributed by atoms with van der Waals surface area (Å²) in [5.74, 6) is 0. The highest BCUT2D eigenvalue weighted by molar-refractivity contribution is 7.92. The number of hydrogen-bond acceptors (Lipinski definition) is 4. The third kappa shape index (κ3) is 2.73. The molecule has 7 heteroatoms. The second-order valence-electron chi connectivity index (χ2n) is 5.40. The van der Waals surface area contributed by atoms with Crippen molar-refractivity contribution in [3.05, 3.63) is 36.2 Å². The Morgan fingerprint density at radius 2 is 2.19 bits per heavy atom. The minimum absolute atomic E-state index is 0.187. The van der Waals surface area contributed by atoms with Gasteiger partial charge in [-0.2, -0.15) is 5.10 Å². The largest absolute Gasteiger partial charge is 0.384 e. The molecule has 0 atom stereocenters. The van der Waals surface area contributed by atoms with Crippen molar-refractivity contribution in [2.45, 2.75) is 31.2 Å². The van der Waals surface area contributed by atoms with Crippen molar-refractivity contribution in [1.82, 2.24) is 9.78 Å². The van der Waals surface area contributed by atoms with E-state index < -0.39 is 10.0 Å². The molecule has 0 amide bonds. The summed E-state index contributed by atoms with van der Waals surface area (Å²) in [4.78, 5) is 0.257. The third-order valence-electron chi connectivity index (χ3n) is 3.48. The second-order valence-corrected chi connectivity index (χ2v) is 7.09. The molecule has 3 rings (SSSR count). The lowest BCUT2D eigenvalue weighted by molar-refractivity contribution is 0.532. The second kappa shape index (κ2) is 5.07. The van der Waals surface area contributed by atoms with Gasteiger partial charge in [0.25, 0.3) is 10.0 Å². The average Bonchev–Trinajstić information content (AvgIpc) is 3.05. The van der Waals surface area contributed by atoms with Gasteiger partial charge in [-0.05, 0) is 38.0 Å². The van der Waals surface area contributed by atoms with Gasteiger partial charge in [0, 0.05) is 24.5 Å². The first-order chi connectivity index (χ1) is 9.95. The number of hydrogen-bond donors (Lipinski definition) is 2. The van der Waals surface area contributed by atoms with Gasteiger partial charge in [0.2, 0.25) is 0 Å². The molecule has 0 bridgehead atoms. The summed E-state index contributed by atoms with van der Waals surface area (Å²) in [5.41, 5.74) is 2.52. The number of nitrogens with one attached hydrogen (secondary N) is 2. The van der Waals surface area contributed by atoms with E-state index in [4.69, 9.17) is 0 Å². The fraction of sp³-hybridized carbons (Fsp3) is 0.357. The molecule has 2 heterocycles. The van der Waals surface area contributed by atoms with E-state index in [0.29, 0.717) is 5.69 Å². The minimum atomic E-state index is -3.59. The number of sulfonamides is 1. The van der Waals surface area contributed by atoms with Gasteiger partial charge in [0.1, 0.15) is 0 Å². The maximum absolute atomic E-state index is 12.4. The molecular weight excluding hydrogens is 288 g/mol. The molecule has 0 spiro atoms. The molecule has 1 aliphatic heterocycles. The predicted octanol–water partition coefficient (Wildman–Crippen LogP) is 2.23. The summed E-state index contributed by atoms with van der Waals surface area (Å²) in [7, 11) is -3.59. The number of fused-ring (bicyclic) bond motifs is 1. The van der Waals surface area contributed by atoms with Crippen molar-refractivity contribution in [2.75, 3.05) is 16.6 Å². The van der Waals surface area contributed by atoms with Gasteiger partial charge in [-0.3, -0.25) is 9.40 Å². The molecule has 1 aromatic carbocycles. The van der Waals surface area contributed by atoms with E-state index >= 15 is 0 Å². The quantitative estimate of drug-likeness (QED) is 0.908. The van der Waals surface area contributed by atoms with E-state index in [2.05, 4.69) is 15.1 Å². The summed E-state index contributed by atoms with van der Waals surface area (Å²) in [6.45, 7) is 4.82. The van der Waals surface area contributed by atoms with Crippen LogP contribution < -0.4 is 10.0 Å². The Bertz CT molecular complexity index is 765. The van der Waals surface area contributed by atoms with E-state index in [9.17, 15) is 8.42 Å².